The highest BCUT2D eigenvalue weighted by Gasteiger charge is 2.61. The maximum absolute atomic E-state index is 12.1. The molecule has 0 aromatic carbocycles. The number of rotatable bonds is 3. The number of fused-ring (bicyclic) bond motifs is 5. The summed E-state index contributed by atoms with van der Waals surface area (Å²) in [6, 6.07) is 0. The molecule has 0 spiro atoms. The molecular weight excluding hydrogens is 400 g/mol. The fraction of sp³-hybridized carbons (Fsp3) is 0.833. The molecule has 7 nitrogen and oxygen atoms in total. The molecule has 3 fully saturated rings. The molecule has 0 aromatic rings. The quantitative estimate of drug-likeness (QED) is 0.516. The molecule has 1 saturated carbocycles. The van der Waals surface area contributed by atoms with E-state index in [1.807, 2.05) is 6.92 Å². The lowest BCUT2D eigenvalue weighted by atomic mass is 9.60. The van der Waals surface area contributed by atoms with E-state index < -0.39 is 47.6 Å². The molecular formula is C24H38O7. The van der Waals surface area contributed by atoms with Gasteiger partial charge in [-0.15, -0.1) is 0 Å². The lowest BCUT2D eigenvalue weighted by molar-refractivity contribution is -0.180. The minimum Gasteiger partial charge on any atom is -0.460 e. The molecule has 0 aromatic heterocycles. The summed E-state index contributed by atoms with van der Waals surface area (Å²) in [5.41, 5.74) is -1.59. The van der Waals surface area contributed by atoms with Gasteiger partial charge in [0.05, 0.1) is 12.2 Å². The molecule has 1 aliphatic carbocycles. The second-order valence-corrected chi connectivity index (χ2v) is 10.5. The van der Waals surface area contributed by atoms with Crippen molar-refractivity contribution in [3.8, 4) is 0 Å². The molecule has 2 bridgehead atoms. The van der Waals surface area contributed by atoms with Crippen LogP contribution >= 0.6 is 0 Å². The van der Waals surface area contributed by atoms with Crippen molar-refractivity contribution in [1.29, 1.82) is 0 Å². The Morgan fingerprint density at radius 1 is 1.23 bits per heavy atom. The third-order valence-corrected chi connectivity index (χ3v) is 7.69. The first-order valence-electron chi connectivity index (χ1n) is 11.4. The molecule has 31 heavy (non-hydrogen) atoms. The van der Waals surface area contributed by atoms with Crippen molar-refractivity contribution in [2.24, 2.45) is 23.7 Å². The Bertz CT molecular complexity index is 729. The minimum atomic E-state index is -1.34. The Morgan fingerprint density at radius 3 is 2.42 bits per heavy atom. The standard InChI is InChI=1S/C24H38O7/c1-12(2)16-10-17(27)13(3)20-18-11-23(6,28)19(29-14(4)25)8-9-24(7,31-15(5)26)22(30-18)21(16)20/h12,16-22,27-28H,3,8-11H2,1-2,4-7H3/t16-,17-,18+,19-,20+,21+,22+,23-,24+/m0/s1. The Hall–Kier alpha value is -1.44. The molecule has 2 N–H and O–H groups in total. The highest BCUT2D eigenvalue weighted by Crippen LogP contribution is 2.56. The highest BCUT2D eigenvalue weighted by molar-refractivity contribution is 5.67. The van der Waals surface area contributed by atoms with Gasteiger partial charge in [-0.25, -0.2) is 0 Å². The lowest BCUT2D eigenvalue weighted by Crippen LogP contribution is -2.53. The van der Waals surface area contributed by atoms with Gasteiger partial charge in [-0.2, -0.15) is 0 Å². The first kappa shape index (κ1) is 24.2. The summed E-state index contributed by atoms with van der Waals surface area (Å²) in [4.78, 5) is 23.8. The van der Waals surface area contributed by atoms with Crippen LogP contribution in [0.1, 0.15) is 67.2 Å². The number of carbonyl (C=O) groups excluding carboxylic acids is 2. The number of esters is 2. The van der Waals surface area contributed by atoms with Crippen LogP contribution in [0.25, 0.3) is 0 Å². The predicted octanol–water partition coefficient (Wildman–Crippen LogP) is 2.77. The van der Waals surface area contributed by atoms with Crippen molar-refractivity contribution in [3.05, 3.63) is 12.2 Å². The third-order valence-electron chi connectivity index (χ3n) is 7.69. The molecule has 0 unspecified atom stereocenters. The number of hydrogen-bond donors (Lipinski definition) is 2. The van der Waals surface area contributed by atoms with Gasteiger partial charge < -0.3 is 24.4 Å². The summed E-state index contributed by atoms with van der Waals surface area (Å²) >= 11 is 0. The van der Waals surface area contributed by atoms with E-state index in [1.165, 1.54) is 13.8 Å². The molecule has 2 heterocycles. The average Bonchev–Trinajstić information content (AvgIpc) is 3.00. The van der Waals surface area contributed by atoms with Gasteiger partial charge in [0.1, 0.15) is 23.4 Å². The monoisotopic (exact) mass is 438 g/mol. The van der Waals surface area contributed by atoms with Gasteiger partial charge in [0.15, 0.2) is 0 Å². The highest BCUT2D eigenvalue weighted by atomic mass is 16.6. The summed E-state index contributed by atoms with van der Waals surface area (Å²) in [6.07, 6.45) is -0.700. The van der Waals surface area contributed by atoms with Crippen molar-refractivity contribution in [2.75, 3.05) is 0 Å². The summed E-state index contributed by atoms with van der Waals surface area (Å²) in [7, 11) is 0. The van der Waals surface area contributed by atoms with Crippen molar-refractivity contribution >= 4 is 11.9 Å². The number of carbonyl (C=O) groups is 2. The summed E-state index contributed by atoms with van der Waals surface area (Å²) in [5, 5.41) is 22.1. The summed E-state index contributed by atoms with van der Waals surface area (Å²) in [6.45, 7) is 14.7. The van der Waals surface area contributed by atoms with Crippen LogP contribution in [0.5, 0.6) is 0 Å². The fourth-order valence-electron chi connectivity index (χ4n) is 6.24. The van der Waals surface area contributed by atoms with Crippen molar-refractivity contribution in [3.63, 3.8) is 0 Å². The molecule has 3 aliphatic rings. The largest absolute Gasteiger partial charge is 0.460 e. The van der Waals surface area contributed by atoms with Crippen LogP contribution in [0.3, 0.4) is 0 Å². The number of aliphatic hydroxyl groups excluding tert-OH is 1. The number of hydrogen-bond acceptors (Lipinski definition) is 7. The van der Waals surface area contributed by atoms with Gasteiger partial charge in [0.2, 0.25) is 0 Å². The molecule has 176 valence electrons. The molecule has 3 rings (SSSR count). The van der Waals surface area contributed by atoms with Crippen LogP contribution in [0.4, 0.5) is 0 Å². The molecule has 0 amide bonds. The first-order chi connectivity index (χ1) is 14.3. The average molecular weight is 439 g/mol. The van der Waals surface area contributed by atoms with E-state index in [0.29, 0.717) is 30.8 Å². The van der Waals surface area contributed by atoms with E-state index in [1.54, 1.807) is 6.92 Å². The Kier molecular flexibility index (Phi) is 6.63. The van der Waals surface area contributed by atoms with Gasteiger partial charge >= 0.3 is 11.9 Å². The summed E-state index contributed by atoms with van der Waals surface area (Å²) < 4.78 is 18.0. The normalized spacial score (nSPS) is 45.3. The van der Waals surface area contributed by atoms with Crippen LogP contribution in [0.2, 0.25) is 0 Å². The van der Waals surface area contributed by atoms with Gasteiger partial charge in [-0.05, 0) is 50.5 Å². The van der Waals surface area contributed by atoms with E-state index >= 15 is 0 Å². The Morgan fingerprint density at radius 2 is 1.87 bits per heavy atom. The minimum absolute atomic E-state index is 0.00586. The van der Waals surface area contributed by atoms with Crippen LogP contribution in [-0.4, -0.2) is 57.8 Å². The van der Waals surface area contributed by atoms with Crippen molar-refractivity contribution in [2.45, 2.75) is 103 Å². The Balaban J connectivity index is 2.10. The van der Waals surface area contributed by atoms with Crippen LogP contribution in [-0.2, 0) is 23.8 Å². The first-order valence-corrected chi connectivity index (χ1v) is 11.4. The topological polar surface area (TPSA) is 102 Å². The van der Waals surface area contributed by atoms with Crippen molar-refractivity contribution in [1.82, 2.24) is 0 Å². The summed E-state index contributed by atoms with van der Waals surface area (Å²) in [5.74, 6) is -0.607. The third kappa shape index (κ3) is 4.55. The SMILES string of the molecule is C=C1[C@H]2[C@H]([C@H]3O[C@@H]2C[C@](C)(O)[C@@H](OC(C)=O)CC[C@@]3(C)OC(C)=O)[C@H](C(C)C)C[C@@H]1O. The smallest absolute Gasteiger partial charge is 0.303 e. The van der Waals surface area contributed by atoms with Gasteiger partial charge in [0.25, 0.3) is 0 Å². The molecule has 0 radical (unpaired) electrons. The fourth-order valence-corrected chi connectivity index (χ4v) is 6.24. The van der Waals surface area contributed by atoms with E-state index in [4.69, 9.17) is 14.2 Å². The van der Waals surface area contributed by atoms with Gasteiger partial charge in [-0.1, -0.05) is 20.4 Å². The van der Waals surface area contributed by atoms with Gasteiger partial charge in [-0.3, -0.25) is 9.59 Å². The van der Waals surface area contributed by atoms with E-state index in [0.717, 1.165) is 0 Å². The number of aliphatic hydroxyl groups is 2. The van der Waals surface area contributed by atoms with Crippen LogP contribution < -0.4 is 0 Å². The van der Waals surface area contributed by atoms with E-state index in [2.05, 4.69) is 20.4 Å². The zero-order chi connectivity index (χ0) is 23.3. The lowest BCUT2D eigenvalue weighted by Gasteiger charge is -2.47. The number of ether oxygens (including phenoxy) is 3. The van der Waals surface area contributed by atoms with Gasteiger partial charge in [0, 0.05) is 32.1 Å². The van der Waals surface area contributed by atoms with E-state index in [9.17, 15) is 19.8 Å². The van der Waals surface area contributed by atoms with Crippen molar-refractivity contribution < 1.29 is 34.0 Å². The molecule has 9 atom stereocenters. The molecule has 2 saturated heterocycles. The second-order valence-electron chi connectivity index (χ2n) is 10.5. The van der Waals surface area contributed by atoms with Crippen LogP contribution in [0, 0.1) is 23.7 Å². The molecule has 2 aliphatic heterocycles. The second kappa shape index (κ2) is 8.49. The maximum Gasteiger partial charge on any atom is 0.303 e. The maximum atomic E-state index is 12.1. The van der Waals surface area contributed by atoms with E-state index in [-0.39, 0.29) is 24.2 Å². The molecule has 7 heteroatoms. The van der Waals surface area contributed by atoms with Crippen LogP contribution in [0.15, 0.2) is 12.2 Å². The Labute approximate surface area is 185 Å². The zero-order valence-electron chi connectivity index (χ0n) is 19.6. The predicted molar refractivity (Wildman–Crippen MR) is 114 cm³/mol. The zero-order valence-corrected chi connectivity index (χ0v) is 19.6.